The Morgan fingerprint density at radius 3 is 2.64 bits per heavy atom. The highest BCUT2D eigenvalue weighted by Crippen LogP contribution is 2.23. The molecule has 0 bridgehead atoms. The Morgan fingerprint density at radius 2 is 2.07 bits per heavy atom. The molecular formula is C10H17N3O. The van der Waals surface area contributed by atoms with Crippen LogP contribution in [-0.4, -0.2) is 35.8 Å². The van der Waals surface area contributed by atoms with Crippen LogP contribution in [0.2, 0.25) is 0 Å². The fourth-order valence-corrected chi connectivity index (χ4v) is 2.28. The van der Waals surface area contributed by atoms with E-state index in [9.17, 15) is 4.79 Å². The second-order valence-corrected chi connectivity index (χ2v) is 4.17. The van der Waals surface area contributed by atoms with Crippen LogP contribution in [0.5, 0.6) is 0 Å². The summed E-state index contributed by atoms with van der Waals surface area (Å²) >= 11 is 0. The Hall–Kier alpha value is -1.06. The van der Waals surface area contributed by atoms with Gasteiger partial charge >= 0.3 is 0 Å². The Balaban J connectivity index is 1.89. The van der Waals surface area contributed by atoms with Gasteiger partial charge in [-0.3, -0.25) is 9.79 Å². The molecule has 2 rings (SSSR count). The number of nitrogens with zero attached hydrogens (tertiary/aromatic N) is 2. The van der Waals surface area contributed by atoms with Crippen LogP contribution in [0.4, 0.5) is 0 Å². The zero-order valence-electron chi connectivity index (χ0n) is 8.35. The minimum Gasteiger partial charge on any atom is -0.368 e. The van der Waals surface area contributed by atoms with Crippen molar-refractivity contribution < 1.29 is 4.79 Å². The average Bonchev–Trinajstić information content (AvgIpc) is 2.68. The van der Waals surface area contributed by atoms with Crippen molar-refractivity contribution in [1.82, 2.24) is 4.90 Å². The molecule has 1 unspecified atom stereocenters. The van der Waals surface area contributed by atoms with E-state index < -0.39 is 0 Å². The van der Waals surface area contributed by atoms with Gasteiger partial charge in [-0.2, -0.15) is 0 Å². The van der Waals surface area contributed by atoms with Crippen molar-refractivity contribution in [3.05, 3.63) is 0 Å². The molecule has 2 aliphatic rings. The van der Waals surface area contributed by atoms with Crippen molar-refractivity contribution in [3.8, 4) is 0 Å². The third kappa shape index (κ3) is 1.89. The predicted molar refractivity (Wildman–Crippen MR) is 55.1 cm³/mol. The van der Waals surface area contributed by atoms with E-state index in [0.29, 0.717) is 12.6 Å². The first-order valence-corrected chi connectivity index (χ1v) is 5.36. The van der Waals surface area contributed by atoms with Crippen LogP contribution < -0.4 is 5.73 Å². The van der Waals surface area contributed by atoms with E-state index in [1.54, 1.807) is 0 Å². The normalized spacial score (nSPS) is 28.3. The van der Waals surface area contributed by atoms with E-state index in [1.807, 2.05) is 6.34 Å². The summed E-state index contributed by atoms with van der Waals surface area (Å²) in [7, 11) is 0. The van der Waals surface area contributed by atoms with E-state index >= 15 is 0 Å². The van der Waals surface area contributed by atoms with Crippen molar-refractivity contribution in [3.63, 3.8) is 0 Å². The predicted octanol–water partition coefficient (Wildman–Crippen LogP) is 0.517. The molecule has 0 saturated heterocycles. The Kier molecular flexibility index (Phi) is 2.70. The molecule has 0 spiro atoms. The Morgan fingerprint density at radius 1 is 1.36 bits per heavy atom. The molecule has 1 heterocycles. The fraction of sp³-hybridized carbons (Fsp3) is 0.800. The van der Waals surface area contributed by atoms with Crippen LogP contribution in [0.3, 0.4) is 0 Å². The topological polar surface area (TPSA) is 58.7 Å². The molecule has 4 nitrogen and oxygen atoms in total. The number of nitrogens with two attached hydrogens (primary N) is 1. The summed E-state index contributed by atoms with van der Waals surface area (Å²) in [6, 6.07) is 0.286. The third-order valence-corrected chi connectivity index (χ3v) is 3.15. The number of hydrogen-bond acceptors (Lipinski definition) is 3. The van der Waals surface area contributed by atoms with E-state index in [1.165, 1.54) is 32.1 Å². The van der Waals surface area contributed by atoms with E-state index in [2.05, 4.69) is 9.89 Å². The first-order chi connectivity index (χ1) is 6.77. The molecule has 2 N–H and O–H groups in total. The molecule has 1 aliphatic carbocycles. The highest BCUT2D eigenvalue weighted by atomic mass is 16.1. The largest absolute Gasteiger partial charge is 0.368 e. The molecule has 4 heteroatoms. The third-order valence-electron chi connectivity index (χ3n) is 3.15. The lowest BCUT2D eigenvalue weighted by Crippen LogP contribution is -2.39. The van der Waals surface area contributed by atoms with Gasteiger partial charge in [-0.05, 0) is 12.8 Å². The van der Waals surface area contributed by atoms with Gasteiger partial charge in [0, 0.05) is 6.04 Å². The molecule has 0 radical (unpaired) electrons. The monoisotopic (exact) mass is 195 g/mol. The van der Waals surface area contributed by atoms with Gasteiger partial charge < -0.3 is 10.6 Å². The van der Waals surface area contributed by atoms with Crippen LogP contribution in [0, 0.1) is 0 Å². The zero-order valence-corrected chi connectivity index (χ0v) is 8.35. The van der Waals surface area contributed by atoms with Crippen molar-refractivity contribution in [1.29, 1.82) is 0 Å². The molecule has 1 aliphatic heterocycles. The van der Waals surface area contributed by atoms with Gasteiger partial charge in [0.15, 0.2) is 0 Å². The first-order valence-electron chi connectivity index (χ1n) is 5.36. The zero-order chi connectivity index (χ0) is 9.97. The lowest BCUT2D eigenvalue weighted by molar-refractivity contribution is -0.119. The number of primary amides is 1. The number of rotatable bonds is 2. The van der Waals surface area contributed by atoms with Crippen LogP contribution in [0.1, 0.15) is 32.1 Å². The summed E-state index contributed by atoms with van der Waals surface area (Å²) in [5, 5.41) is 0. The van der Waals surface area contributed by atoms with E-state index in [0.717, 1.165) is 0 Å². The lowest BCUT2D eigenvalue weighted by atomic mass is 9.94. The molecular weight excluding hydrogens is 178 g/mol. The molecule has 78 valence electrons. The van der Waals surface area contributed by atoms with Gasteiger partial charge in [0.25, 0.3) is 0 Å². The quantitative estimate of drug-likeness (QED) is 0.698. The molecule has 1 amide bonds. The number of amides is 1. The summed E-state index contributed by atoms with van der Waals surface area (Å²) in [6.45, 7) is 0.694. The molecule has 0 aromatic carbocycles. The second-order valence-electron chi connectivity index (χ2n) is 4.17. The molecule has 0 aromatic heterocycles. The number of carbonyl (C=O) groups is 1. The highest BCUT2D eigenvalue weighted by molar-refractivity contribution is 5.83. The Labute approximate surface area is 84.2 Å². The summed E-state index contributed by atoms with van der Waals surface area (Å²) < 4.78 is 0. The van der Waals surface area contributed by atoms with Crippen molar-refractivity contribution in [2.75, 3.05) is 6.54 Å². The van der Waals surface area contributed by atoms with Gasteiger partial charge in [0.2, 0.25) is 5.91 Å². The second kappa shape index (κ2) is 3.98. The van der Waals surface area contributed by atoms with Crippen molar-refractivity contribution in [2.24, 2.45) is 10.7 Å². The number of carbonyl (C=O) groups excluding carboxylic acids is 1. The molecule has 1 fully saturated rings. The van der Waals surface area contributed by atoms with Crippen molar-refractivity contribution in [2.45, 2.75) is 44.2 Å². The first kappa shape index (κ1) is 9.49. The van der Waals surface area contributed by atoms with E-state index in [4.69, 9.17) is 5.73 Å². The van der Waals surface area contributed by atoms with Crippen LogP contribution >= 0.6 is 0 Å². The minimum atomic E-state index is -0.308. The Bertz CT molecular complexity index is 246. The van der Waals surface area contributed by atoms with Crippen LogP contribution in [-0.2, 0) is 4.79 Å². The summed E-state index contributed by atoms with van der Waals surface area (Å²) in [5.74, 6) is -0.306. The highest BCUT2D eigenvalue weighted by Gasteiger charge is 2.27. The summed E-state index contributed by atoms with van der Waals surface area (Å²) in [5.41, 5.74) is 5.21. The maximum absolute atomic E-state index is 10.9. The summed E-state index contributed by atoms with van der Waals surface area (Å²) in [6.07, 6.45) is 8.23. The maximum atomic E-state index is 10.9. The van der Waals surface area contributed by atoms with Gasteiger partial charge in [0.05, 0.1) is 12.9 Å². The standard InChI is InChI=1S/C10H17N3O/c11-10(14)9-6-13(7-12-9)8-4-2-1-3-5-8/h7-9H,1-6H2,(H2,11,14). The van der Waals surface area contributed by atoms with Gasteiger partial charge in [-0.1, -0.05) is 19.3 Å². The van der Waals surface area contributed by atoms with E-state index in [-0.39, 0.29) is 11.9 Å². The SMILES string of the molecule is NC(=O)C1CN(C2CCCCC2)C=N1. The molecule has 1 atom stereocenters. The van der Waals surface area contributed by atoms with Gasteiger partial charge in [-0.15, -0.1) is 0 Å². The summed E-state index contributed by atoms with van der Waals surface area (Å²) in [4.78, 5) is 17.2. The minimum absolute atomic E-state index is 0.306. The number of aliphatic imine (C=N–C) groups is 1. The smallest absolute Gasteiger partial charge is 0.244 e. The van der Waals surface area contributed by atoms with Gasteiger partial charge in [-0.25, -0.2) is 0 Å². The lowest BCUT2D eigenvalue weighted by Gasteiger charge is -2.30. The van der Waals surface area contributed by atoms with Gasteiger partial charge in [0.1, 0.15) is 6.04 Å². The van der Waals surface area contributed by atoms with Crippen LogP contribution in [0.25, 0.3) is 0 Å². The fourth-order valence-electron chi connectivity index (χ4n) is 2.28. The van der Waals surface area contributed by atoms with Crippen molar-refractivity contribution >= 4 is 12.2 Å². The number of hydrogen-bond donors (Lipinski definition) is 1. The molecule has 0 aromatic rings. The maximum Gasteiger partial charge on any atom is 0.244 e. The molecule has 14 heavy (non-hydrogen) atoms. The average molecular weight is 195 g/mol. The molecule has 1 saturated carbocycles. The van der Waals surface area contributed by atoms with Crippen LogP contribution in [0.15, 0.2) is 4.99 Å².